The molecule has 0 heterocycles. The van der Waals surface area contributed by atoms with Gasteiger partial charge in [0.2, 0.25) is 0 Å². The Morgan fingerprint density at radius 1 is 1.15 bits per heavy atom. The predicted octanol–water partition coefficient (Wildman–Crippen LogP) is -1.53. The minimum Gasteiger partial charge on any atom is -1.00 e. The third-order valence-corrected chi connectivity index (χ3v) is 1.71. The van der Waals surface area contributed by atoms with Gasteiger partial charge in [-0.05, 0) is 12.8 Å². The average Bonchev–Trinajstić information content (AvgIpc) is 1.84. The van der Waals surface area contributed by atoms with E-state index in [9.17, 15) is 9.59 Å². The van der Waals surface area contributed by atoms with E-state index in [0.29, 0.717) is 0 Å². The molecular formula is C6H9Cl2NaO4. The SMILES string of the molecule is O=C(O)C(CCC(Cl)Cl)C(=O)O.[H-].[Na+]. The van der Waals surface area contributed by atoms with E-state index in [4.69, 9.17) is 33.4 Å². The van der Waals surface area contributed by atoms with E-state index >= 15 is 0 Å². The van der Waals surface area contributed by atoms with E-state index < -0.39 is 22.7 Å². The summed E-state index contributed by atoms with van der Waals surface area (Å²) in [7, 11) is 0. The second-order valence-electron chi connectivity index (χ2n) is 2.20. The van der Waals surface area contributed by atoms with E-state index in [1.807, 2.05) is 0 Å². The largest absolute Gasteiger partial charge is 1.00 e. The Morgan fingerprint density at radius 2 is 1.54 bits per heavy atom. The first kappa shape index (κ1) is 16.0. The van der Waals surface area contributed by atoms with E-state index in [0.717, 1.165) is 0 Å². The molecule has 0 aromatic heterocycles. The van der Waals surface area contributed by atoms with Crippen molar-refractivity contribution < 1.29 is 50.8 Å². The molecule has 72 valence electrons. The van der Waals surface area contributed by atoms with Crippen LogP contribution in [0.1, 0.15) is 14.3 Å². The van der Waals surface area contributed by atoms with Crippen LogP contribution in [-0.4, -0.2) is 27.0 Å². The van der Waals surface area contributed by atoms with E-state index in [2.05, 4.69) is 0 Å². The second kappa shape index (κ2) is 7.88. The minimum atomic E-state index is -1.41. The number of halogens is 2. The number of alkyl halides is 2. The Bertz CT molecular complexity index is 177. The summed E-state index contributed by atoms with van der Waals surface area (Å²) < 4.78 is 0. The summed E-state index contributed by atoms with van der Waals surface area (Å²) in [6, 6.07) is 0. The summed E-state index contributed by atoms with van der Waals surface area (Å²) in [5.41, 5.74) is 0. The van der Waals surface area contributed by atoms with Crippen LogP contribution in [-0.2, 0) is 9.59 Å². The molecular weight excluding hydrogens is 230 g/mol. The number of carboxylic acids is 2. The van der Waals surface area contributed by atoms with Crippen molar-refractivity contribution in [2.75, 3.05) is 0 Å². The number of carboxylic acid groups (broad SMARTS) is 2. The number of aliphatic carboxylic acids is 2. The van der Waals surface area contributed by atoms with Crippen LogP contribution in [0.5, 0.6) is 0 Å². The molecule has 0 radical (unpaired) electrons. The van der Waals surface area contributed by atoms with Crippen molar-refractivity contribution in [3.8, 4) is 0 Å². The predicted molar refractivity (Wildman–Crippen MR) is 44.6 cm³/mol. The summed E-state index contributed by atoms with van der Waals surface area (Å²) >= 11 is 10.6. The van der Waals surface area contributed by atoms with Gasteiger partial charge in [-0.2, -0.15) is 0 Å². The molecule has 0 aliphatic carbocycles. The molecule has 4 nitrogen and oxygen atoms in total. The van der Waals surface area contributed by atoms with Gasteiger partial charge in [-0.3, -0.25) is 9.59 Å². The Balaban J connectivity index is -0.000000605. The topological polar surface area (TPSA) is 74.6 Å². The zero-order valence-corrected chi connectivity index (χ0v) is 10.5. The molecule has 0 aliphatic rings. The molecule has 0 fully saturated rings. The van der Waals surface area contributed by atoms with Crippen molar-refractivity contribution in [2.24, 2.45) is 5.92 Å². The molecule has 0 bridgehead atoms. The Morgan fingerprint density at radius 3 is 1.77 bits per heavy atom. The van der Waals surface area contributed by atoms with Gasteiger partial charge in [0.15, 0.2) is 5.92 Å². The van der Waals surface area contributed by atoms with Crippen LogP contribution in [0.3, 0.4) is 0 Å². The van der Waals surface area contributed by atoms with E-state index in [1.54, 1.807) is 0 Å². The van der Waals surface area contributed by atoms with Crippen molar-refractivity contribution in [1.29, 1.82) is 0 Å². The third-order valence-electron chi connectivity index (χ3n) is 1.27. The normalized spacial score (nSPS) is 9.85. The van der Waals surface area contributed by atoms with Crippen LogP contribution in [0.15, 0.2) is 0 Å². The molecule has 0 saturated carbocycles. The molecule has 0 aromatic carbocycles. The molecule has 2 N–H and O–H groups in total. The maximum atomic E-state index is 10.3. The quantitative estimate of drug-likeness (QED) is 0.347. The van der Waals surface area contributed by atoms with Gasteiger partial charge in [-0.1, -0.05) is 0 Å². The molecule has 0 atom stereocenters. The molecule has 7 heteroatoms. The first-order valence-electron chi connectivity index (χ1n) is 3.19. The molecule has 0 saturated heterocycles. The molecule has 0 aromatic rings. The molecule has 0 unspecified atom stereocenters. The molecule has 13 heavy (non-hydrogen) atoms. The summed E-state index contributed by atoms with van der Waals surface area (Å²) in [6.07, 6.45) is 0.106. The Kier molecular flexibility index (Phi) is 9.68. The number of hydrogen-bond donors (Lipinski definition) is 2. The summed E-state index contributed by atoms with van der Waals surface area (Å²) in [5.74, 6) is -4.14. The van der Waals surface area contributed by atoms with Crippen LogP contribution < -0.4 is 29.6 Å². The maximum Gasteiger partial charge on any atom is 1.00 e. The van der Waals surface area contributed by atoms with Crippen LogP contribution in [0.2, 0.25) is 0 Å². The van der Waals surface area contributed by atoms with Gasteiger partial charge in [0, 0.05) is 0 Å². The van der Waals surface area contributed by atoms with Gasteiger partial charge in [0.25, 0.3) is 0 Å². The molecule has 0 aliphatic heterocycles. The smallest absolute Gasteiger partial charge is 1.00 e. The van der Waals surface area contributed by atoms with Gasteiger partial charge in [-0.25, -0.2) is 0 Å². The van der Waals surface area contributed by atoms with Crippen LogP contribution in [0.25, 0.3) is 0 Å². The second-order valence-corrected chi connectivity index (χ2v) is 3.47. The Labute approximate surface area is 109 Å². The van der Waals surface area contributed by atoms with Crippen molar-refractivity contribution >= 4 is 35.1 Å². The van der Waals surface area contributed by atoms with E-state index in [-0.39, 0.29) is 43.8 Å². The first-order valence-corrected chi connectivity index (χ1v) is 4.06. The fourth-order valence-electron chi connectivity index (χ4n) is 0.645. The molecule has 0 amide bonds. The van der Waals surface area contributed by atoms with Crippen molar-refractivity contribution in [2.45, 2.75) is 17.7 Å². The van der Waals surface area contributed by atoms with Crippen molar-refractivity contribution in [3.05, 3.63) is 0 Å². The van der Waals surface area contributed by atoms with Crippen LogP contribution in [0, 0.1) is 5.92 Å². The standard InChI is InChI=1S/C6H8Cl2O4.Na.H/c7-4(8)2-1-3(5(9)10)6(11)12;;/h3-4H,1-2H2,(H,9,10)(H,11,12);;/q;+1;-1. The zero-order chi connectivity index (χ0) is 9.72. The van der Waals surface area contributed by atoms with Gasteiger partial charge in [0.05, 0.1) is 0 Å². The van der Waals surface area contributed by atoms with Gasteiger partial charge in [-0.15, -0.1) is 23.2 Å². The number of carbonyl (C=O) groups is 2. The molecule has 0 rings (SSSR count). The van der Waals surface area contributed by atoms with Gasteiger partial charge >= 0.3 is 41.5 Å². The van der Waals surface area contributed by atoms with E-state index in [1.165, 1.54) is 0 Å². The van der Waals surface area contributed by atoms with Crippen molar-refractivity contribution in [1.82, 2.24) is 0 Å². The zero-order valence-electron chi connectivity index (χ0n) is 8.04. The monoisotopic (exact) mass is 238 g/mol. The minimum absolute atomic E-state index is 0. The number of rotatable bonds is 5. The first-order chi connectivity index (χ1) is 5.45. The van der Waals surface area contributed by atoms with Crippen LogP contribution in [0.4, 0.5) is 0 Å². The average molecular weight is 239 g/mol. The third kappa shape index (κ3) is 7.58. The van der Waals surface area contributed by atoms with Crippen LogP contribution >= 0.6 is 23.2 Å². The van der Waals surface area contributed by atoms with Crippen molar-refractivity contribution in [3.63, 3.8) is 0 Å². The number of hydrogen-bond acceptors (Lipinski definition) is 2. The van der Waals surface area contributed by atoms with Gasteiger partial charge < -0.3 is 11.6 Å². The fraction of sp³-hybridized carbons (Fsp3) is 0.667. The maximum absolute atomic E-state index is 10.3. The fourth-order valence-corrected chi connectivity index (χ4v) is 0.897. The summed E-state index contributed by atoms with van der Waals surface area (Å²) in [4.78, 5) is 19.9. The Hall–Kier alpha value is 0.520. The summed E-state index contributed by atoms with van der Waals surface area (Å²) in [6.45, 7) is 0. The summed E-state index contributed by atoms with van der Waals surface area (Å²) in [5, 5.41) is 16.8. The van der Waals surface area contributed by atoms with Gasteiger partial charge in [0.1, 0.15) is 4.84 Å². The molecule has 0 spiro atoms.